The molecule has 5 atom stereocenters. The van der Waals surface area contributed by atoms with Gasteiger partial charge >= 0.3 is 0 Å². The van der Waals surface area contributed by atoms with Crippen molar-refractivity contribution in [2.24, 2.45) is 5.92 Å². The van der Waals surface area contributed by atoms with Crippen molar-refractivity contribution in [3.63, 3.8) is 0 Å². The fourth-order valence-corrected chi connectivity index (χ4v) is 5.77. The zero-order valence-corrected chi connectivity index (χ0v) is 24.7. The summed E-state index contributed by atoms with van der Waals surface area (Å²) in [5, 5.41) is 5.44. The fourth-order valence-electron chi connectivity index (χ4n) is 5.77. The SMILES string of the molecule is COc1ccc(CC(NC(=O)[C@@H](NC=O)[C@H](C)OC(C)(C)C)C(=O)N2CCC[C@@]2(C)C(=O)C2C=CCCC2)cc1. The molecule has 220 valence electrons. The molecule has 3 rings (SSSR count). The molecule has 0 radical (unpaired) electrons. The van der Waals surface area contributed by atoms with Gasteiger partial charge in [-0.1, -0.05) is 24.3 Å². The lowest BCUT2D eigenvalue weighted by molar-refractivity contribution is -0.147. The maximum atomic E-state index is 14.2. The highest BCUT2D eigenvalue weighted by atomic mass is 16.5. The number of likely N-dealkylation sites (tertiary alicyclic amines) is 1. The number of amides is 3. The Morgan fingerprint density at radius 2 is 1.88 bits per heavy atom. The van der Waals surface area contributed by atoms with Gasteiger partial charge in [-0.15, -0.1) is 0 Å². The average molecular weight is 556 g/mol. The number of ketones is 1. The van der Waals surface area contributed by atoms with Gasteiger partial charge in [0, 0.05) is 18.9 Å². The van der Waals surface area contributed by atoms with Gasteiger partial charge in [-0.05, 0) is 84.4 Å². The third-order valence-electron chi connectivity index (χ3n) is 7.78. The number of benzene rings is 1. The standard InChI is InChI=1S/C31H45N3O6/c1-21(40-30(2,3)4)26(32-20-35)28(37)33-25(19-22-13-15-24(39-6)16-14-22)29(38)34-18-10-17-31(34,5)27(36)23-11-8-7-9-12-23/h8,11,13-16,20-21,23,25-26H,7,9-10,12,17-19H2,1-6H3,(H,32,35)(H,33,37)/t21-,23?,25?,26-,31-/m0/s1. The first kappa shape index (κ1) is 31.3. The first-order valence-electron chi connectivity index (χ1n) is 14.2. The molecule has 0 bridgehead atoms. The molecule has 1 saturated heterocycles. The zero-order chi connectivity index (χ0) is 29.5. The van der Waals surface area contributed by atoms with Crippen LogP contribution in [-0.2, 0) is 30.3 Å². The minimum atomic E-state index is -1.01. The summed E-state index contributed by atoms with van der Waals surface area (Å²) in [5.41, 5.74) is -0.678. The van der Waals surface area contributed by atoms with E-state index in [4.69, 9.17) is 9.47 Å². The molecule has 1 fully saturated rings. The van der Waals surface area contributed by atoms with Gasteiger partial charge < -0.3 is 25.0 Å². The van der Waals surface area contributed by atoms with Gasteiger partial charge in [-0.3, -0.25) is 19.2 Å². The number of rotatable bonds is 12. The van der Waals surface area contributed by atoms with E-state index in [1.807, 2.05) is 52.0 Å². The summed E-state index contributed by atoms with van der Waals surface area (Å²) >= 11 is 0. The van der Waals surface area contributed by atoms with Crippen molar-refractivity contribution in [2.45, 2.75) is 102 Å². The Hall–Kier alpha value is -3.20. The third-order valence-corrected chi connectivity index (χ3v) is 7.78. The van der Waals surface area contributed by atoms with Crippen LogP contribution in [0.15, 0.2) is 36.4 Å². The van der Waals surface area contributed by atoms with Crippen LogP contribution >= 0.6 is 0 Å². The predicted molar refractivity (Wildman–Crippen MR) is 153 cm³/mol. The molecule has 40 heavy (non-hydrogen) atoms. The van der Waals surface area contributed by atoms with Gasteiger partial charge in [0.25, 0.3) is 0 Å². The molecule has 1 heterocycles. The molecule has 0 saturated carbocycles. The number of methoxy groups -OCH3 is 1. The smallest absolute Gasteiger partial charge is 0.246 e. The van der Waals surface area contributed by atoms with E-state index in [2.05, 4.69) is 10.6 Å². The van der Waals surface area contributed by atoms with E-state index < -0.39 is 35.2 Å². The van der Waals surface area contributed by atoms with Gasteiger partial charge in [0.15, 0.2) is 5.78 Å². The minimum Gasteiger partial charge on any atom is -0.497 e. The molecule has 0 spiro atoms. The maximum absolute atomic E-state index is 14.2. The van der Waals surface area contributed by atoms with E-state index in [1.54, 1.807) is 31.1 Å². The summed E-state index contributed by atoms with van der Waals surface area (Å²) in [6.07, 6.45) is 8.02. The first-order valence-corrected chi connectivity index (χ1v) is 14.2. The zero-order valence-electron chi connectivity index (χ0n) is 24.7. The third kappa shape index (κ3) is 7.71. The molecule has 1 aliphatic carbocycles. The van der Waals surface area contributed by atoms with Crippen LogP contribution in [0, 0.1) is 5.92 Å². The Labute approximate surface area is 238 Å². The second kappa shape index (κ2) is 13.4. The fraction of sp³-hybridized carbons (Fsp3) is 0.613. The molecule has 0 aromatic heterocycles. The van der Waals surface area contributed by atoms with Crippen LogP contribution in [0.2, 0.25) is 0 Å². The largest absolute Gasteiger partial charge is 0.497 e. The molecule has 2 unspecified atom stereocenters. The normalized spacial score (nSPS) is 23.1. The Bertz CT molecular complexity index is 1080. The molecule has 1 aliphatic heterocycles. The number of hydrogen-bond acceptors (Lipinski definition) is 6. The molecular weight excluding hydrogens is 510 g/mol. The Balaban J connectivity index is 1.89. The predicted octanol–water partition coefficient (Wildman–Crippen LogP) is 3.35. The highest BCUT2D eigenvalue weighted by Gasteiger charge is 2.49. The van der Waals surface area contributed by atoms with Crippen LogP contribution in [0.3, 0.4) is 0 Å². The van der Waals surface area contributed by atoms with Gasteiger partial charge in [0.1, 0.15) is 17.8 Å². The molecular formula is C31H45N3O6. The van der Waals surface area contributed by atoms with E-state index in [1.165, 1.54) is 0 Å². The molecule has 9 nitrogen and oxygen atoms in total. The van der Waals surface area contributed by atoms with Crippen molar-refractivity contribution in [3.05, 3.63) is 42.0 Å². The first-order chi connectivity index (χ1) is 18.9. The summed E-state index contributed by atoms with van der Waals surface area (Å²) in [6, 6.07) is 5.33. The van der Waals surface area contributed by atoms with E-state index in [0.29, 0.717) is 31.5 Å². The number of allylic oxidation sites excluding steroid dienone is 2. The van der Waals surface area contributed by atoms with Gasteiger partial charge in [-0.25, -0.2) is 0 Å². The van der Waals surface area contributed by atoms with Crippen molar-refractivity contribution in [1.29, 1.82) is 0 Å². The van der Waals surface area contributed by atoms with Crippen LogP contribution in [-0.4, -0.2) is 71.9 Å². The molecule has 1 aromatic carbocycles. The highest BCUT2D eigenvalue weighted by Crippen LogP contribution is 2.35. The van der Waals surface area contributed by atoms with E-state index in [9.17, 15) is 19.2 Å². The summed E-state index contributed by atoms with van der Waals surface area (Å²) in [7, 11) is 1.58. The number of ether oxygens (including phenoxy) is 2. The minimum absolute atomic E-state index is 0.0523. The van der Waals surface area contributed by atoms with Crippen LogP contribution in [0.25, 0.3) is 0 Å². The monoisotopic (exact) mass is 555 g/mol. The molecule has 1 aromatic rings. The number of nitrogens with one attached hydrogen (secondary N) is 2. The lowest BCUT2D eigenvalue weighted by Gasteiger charge is -2.39. The number of hydrogen-bond donors (Lipinski definition) is 2. The van der Waals surface area contributed by atoms with E-state index in [-0.39, 0.29) is 24.0 Å². The quantitative estimate of drug-likeness (QED) is 0.302. The van der Waals surface area contributed by atoms with E-state index >= 15 is 0 Å². The summed E-state index contributed by atoms with van der Waals surface area (Å²) in [5.74, 6) is -0.322. The number of carbonyl (C=O) groups excluding carboxylic acids is 4. The van der Waals surface area contributed by atoms with Crippen molar-refractivity contribution < 1.29 is 28.7 Å². The summed E-state index contributed by atoms with van der Waals surface area (Å²) in [4.78, 5) is 54.5. The van der Waals surface area contributed by atoms with Crippen molar-refractivity contribution >= 4 is 24.0 Å². The second-order valence-electron chi connectivity index (χ2n) is 12.0. The van der Waals surface area contributed by atoms with Gasteiger partial charge in [-0.2, -0.15) is 0 Å². The van der Waals surface area contributed by atoms with Crippen LogP contribution in [0.4, 0.5) is 0 Å². The lowest BCUT2D eigenvalue weighted by atomic mass is 9.80. The summed E-state index contributed by atoms with van der Waals surface area (Å²) < 4.78 is 11.2. The van der Waals surface area contributed by atoms with Crippen LogP contribution in [0.1, 0.15) is 72.3 Å². The molecule has 9 heteroatoms. The average Bonchev–Trinajstić information content (AvgIpc) is 3.32. The van der Waals surface area contributed by atoms with E-state index in [0.717, 1.165) is 24.8 Å². The lowest BCUT2D eigenvalue weighted by Crippen LogP contribution is -2.61. The molecule has 2 aliphatic rings. The highest BCUT2D eigenvalue weighted by molar-refractivity contribution is 5.98. The van der Waals surface area contributed by atoms with Crippen molar-refractivity contribution in [1.82, 2.24) is 15.5 Å². The number of Topliss-reactive ketones (excluding diaryl/α,β-unsaturated/α-hetero) is 1. The molecule has 2 N–H and O–H groups in total. The van der Waals surface area contributed by atoms with Crippen LogP contribution < -0.4 is 15.4 Å². The van der Waals surface area contributed by atoms with Crippen molar-refractivity contribution in [2.75, 3.05) is 13.7 Å². The maximum Gasteiger partial charge on any atom is 0.246 e. The summed E-state index contributed by atoms with van der Waals surface area (Å²) in [6.45, 7) is 9.59. The van der Waals surface area contributed by atoms with Crippen LogP contribution in [0.5, 0.6) is 5.75 Å². The number of nitrogens with zero attached hydrogens (tertiary/aromatic N) is 1. The van der Waals surface area contributed by atoms with Gasteiger partial charge in [0.2, 0.25) is 18.2 Å². The Morgan fingerprint density at radius 1 is 1.18 bits per heavy atom. The Morgan fingerprint density at radius 3 is 2.45 bits per heavy atom. The topological polar surface area (TPSA) is 114 Å². The Kier molecular flexibility index (Phi) is 10.5. The second-order valence-corrected chi connectivity index (χ2v) is 12.0. The van der Waals surface area contributed by atoms with Crippen molar-refractivity contribution in [3.8, 4) is 5.75 Å². The molecule has 3 amide bonds. The number of carbonyl (C=O) groups is 4. The van der Waals surface area contributed by atoms with Gasteiger partial charge in [0.05, 0.1) is 24.4 Å².